The van der Waals surface area contributed by atoms with Gasteiger partial charge in [0, 0.05) is 32.5 Å². The number of anilines is 1. The van der Waals surface area contributed by atoms with Crippen molar-refractivity contribution in [3.05, 3.63) is 29.8 Å². The highest BCUT2D eigenvalue weighted by Gasteiger charge is 1.97. The van der Waals surface area contributed by atoms with Gasteiger partial charge in [-0.1, -0.05) is 12.1 Å². The Kier molecular flexibility index (Phi) is 3.07. The summed E-state index contributed by atoms with van der Waals surface area (Å²) in [6.45, 7) is 2.02. The molecule has 1 rings (SSSR count). The zero-order valence-electron chi connectivity index (χ0n) is 8.70. The van der Waals surface area contributed by atoms with Crippen molar-refractivity contribution in [2.45, 2.75) is 6.92 Å². The Morgan fingerprint density at radius 3 is 2.08 bits per heavy atom. The van der Waals surface area contributed by atoms with E-state index in [1.807, 2.05) is 28.1 Å². The van der Waals surface area contributed by atoms with Gasteiger partial charge < -0.3 is 4.90 Å². The zero-order valence-corrected chi connectivity index (χ0v) is 8.70. The SMILES string of the molecule is CN=C(C)c1ccc(N(C)C)cc1. The molecule has 0 aliphatic carbocycles. The fraction of sp³-hybridized carbons (Fsp3) is 0.364. The highest BCUT2D eigenvalue weighted by molar-refractivity contribution is 5.98. The maximum absolute atomic E-state index is 4.14. The molecule has 0 bridgehead atoms. The highest BCUT2D eigenvalue weighted by Crippen LogP contribution is 2.12. The zero-order chi connectivity index (χ0) is 9.84. The van der Waals surface area contributed by atoms with Crippen LogP contribution >= 0.6 is 0 Å². The van der Waals surface area contributed by atoms with Gasteiger partial charge in [-0.15, -0.1) is 0 Å². The van der Waals surface area contributed by atoms with Crippen LogP contribution in [-0.2, 0) is 0 Å². The van der Waals surface area contributed by atoms with E-state index in [0.717, 1.165) is 5.71 Å². The van der Waals surface area contributed by atoms with Gasteiger partial charge in [-0.3, -0.25) is 4.99 Å². The molecule has 70 valence electrons. The van der Waals surface area contributed by atoms with Crippen molar-refractivity contribution < 1.29 is 0 Å². The maximum Gasteiger partial charge on any atom is 0.0386 e. The van der Waals surface area contributed by atoms with Crippen molar-refractivity contribution in [1.29, 1.82) is 0 Å². The van der Waals surface area contributed by atoms with Gasteiger partial charge in [0.2, 0.25) is 0 Å². The molecule has 0 radical (unpaired) electrons. The lowest BCUT2D eigenvalue weighted by Gasteiger charge is -2.12. The van der Waals surface area contributed by atoms with Crippen LogP contribution in [0.25, 0.3) is 0 Å². The molecule has 0 aliphatic rings. The fourth-order valence-corrected chi connectivity index (χ4v) is 1.13. The summed E-state index contributed by atoms with van der Waals surface area (Å²) in [7, 11) is 5.89. The Morgan fingerprint density at radius 2 is 1.69 bits per heavy atom. The largest absolute Gasteiger partial charge is 0.378 e. The first-order chi connectivity index (χ1) is 6.15. The van der Waals surface area contributed by atoms with Crippen molar-refractivity contribution in [1.82, 2.24) is 0 Å². The van der Waals surface area contributed by atoms with Crippen molar-refractivity contribution in [3.8, 4) is 0 Å². The Bertz CT molecular complexity index is 296. The minimum atomic E-state index is 1.07. The van der Waals surface area contributed by atoms with Crippen molar-refractivity contribution in [3.63, 3.8) is 0 Å². The van der Waals surface area contributed by atoms with E-state index in [1.165, 1.54) is 11.3 Å². The Morgan fingerprint density at radius 1 is 1.15 bits per heavy atom. The molecular weight excluding hydrogens is 160 g/mol. The second-order valence-electron chi connectivity index (χ2n) is 3.25. The number of rotatable bonds is 2. The van der Waals surface area contributed by atoms with Crippen LogP contribution in [0.5, 0.6) is 0 Å². The first kappa shape index (κ1) is 9.78. The Labute approximate surface area is 79.9 Å². The van der Waals surface area contributed by atoms with Gasteiger partial charge in [0.15, 0.2) is 0 Å². The van der Waals surface area contributed by atoms with E-state index >= 15 is 0 Å². The first-order valence-corrected chi connectivity index (χ1v) is 4.36. The molecular formula is C11H16N2. The van der Waals surface area contributed by atoms with E-state index in [4.69, 9.17) is 0 Å². The minimum Gasteiger partial charge on any atom is -0.378 e. The molecule has 0 unspecified atom stereocenters. The minimum absolute atomic E-state index is 1.07. The second kappa shape index (κ2) is 4.08. The van der Waals surface area contributed by atoms with Crippen LogP contribution in [-0.4, -0.2) is 26.9 Å². The first-order valence-electron chi connectivity index (χ1n) is 4.36. The van der Waals surface area contributed by atoms with Crippen LogP contribution in [0.1, 0.15) is 12.5 Å². The fourth-order valence-electron chi connectivity index (χ4n) is 1.13. The van der Waals surface area contributed by atoms with Gasteiger partial charge >= 0.3 is 0 Å². The third kappa shape index (κ3) is 2.31. The van der Waals surface area contributed by atoms with E-state index in [1.54, 1.807) is 0 Å². The van der Waals surface area contributed by atoms with Crippen LogP contribution in [0.4, 0.5) is 5.69 Å². The molecule has 0 N–H and O–H groups in total. The van der Waals surface area contributed by atoms with Crippen LogP contribution in [0.3, 0.4) is 0 Å². The van der Waals surface area contributed by atoms with Gasteiger partial charge in [-0.05, 0) is 24.6 Å². The topological polar surface area (TPSA) is 15.6 Å². The number of nitrogens with zero attached hydrogens (tertiary/aromatic N) is 2. The number of benzene rings is 1. The lowest BCUT2D eigenvalue weighted by molar-refractivity contribution is 1.13. The third-order valence-electron chi connectivity index (χ3n) is 2.14. The molecule has 0 atom stereocenters. The Hall–Kier alpha value is -1.31. The number of aliphatic imine (C=N–C) groups is 1. The van der Waals surface area contributed by atoms with E-state index in [0.29, 0.717) is 0 Å². The highest BCUT2D eigenvalue weighted by atomic mass is 15.1. The molecule has 0 fully saturated rings. The molecule has 1 aromatic carbocycles. The smallest absolute Gasteiger partial charge is 0.0386 e. The molecule has 2 nitrogen and oxygen atoms in total. The molecule has 2 heteroatoms. The molecule has 0 saturated carbocycles. The lowest BCUT2D eigenvalue weighted by Crippen LogP contribution is -2.08. The molecule has 0 aliphatic heterocycles. The van der Waals surface area contributed by atoms with Crippen LogP contribution in [0, 0.1) is 0 Å². The van der Waals surface area contributed by atoms with Gasteiger partial charge in [0.05, 0.1) is 0 Å². The van der Waals surface area contributed by atoms with Gasteiger partial charge in [-0.25, -0.2) is 0 Å². The van der Waals surface area contributed by atoms with Crippen LogP contribution < -0.4 is 4.90 Å². The van der Waals surface area contributed by atoms with Crippen molar-refractivity contribution >= 4 is 11.4 Å². The summed E-state index contributed by atoms with van der Waals surface area (Å²) in [4.78, 5) is 6.22. The average Bonchev–Trinajstić information content (AvgIpc) is 2.17. The summed E-state index contributed by atoms with van der Waals surface area (Å²) in [5.41, 5.74) is 3.48. The summed E-state index contributed by atoms with van der Waals surface area (Å²) in [5, 5.41) is 0. The van der Waals surface area contributed by atoms with Gasteiger partial charge in [0.1, 0.15) is 0 Å². The molecule has 13 heavy (non-hydrogen) atoms. The molecule has 1 aromatic rings. The predicted molar refractivity (Wildman–Crippen MR) is 58.9 cm³/mol. The molecule has 0 saturated heterocycles. The summed E-state index contributed by atoms with van der Waals surface area (Å²) in [5.74, 6) is 0. The van der Waals surface area contributed by atoms with Crippen molar-refractivity contribution in [2.24, 2.45) is 4.99 Å². The lowest BCUT2D eigenvalue weighted by atomic mass is 10.1. The van der Waals surface area contributed by atoms with Crippen LogP contribution in [0.2, 0.25) is 0 Å². The maximum atomic E-state index is 4.14. The summed E-state index contributed by atoms with van der Waals surface area (Å²) in [6.07, 6.45) is 0. The monoisotopic (exact) mass is 176 g/mol. The van der Waals surface area contributed by atoms with Crippen molar-refractivity contribution in [2.75, 3.05) is 26.0 Å². The van der Waals surface area contributed by atoms with E-state index < -0.39 is 0 Å². The normalized spacial score (nSPS) is 11.5. The third-order valence-corrected chi connectivity index (χ3v) is 2.14. The van der Waals surface area contributed by atoms with Gasteiger partial charge in [-0.2, -0.15) is 0 Å². The number of hydrogen-bond donors (Lipinski definition) is 0. The van der Waals surface area contributed by atoms with E-state index in [2.05, 4.69) is 34.2 Å². The number of hydrogen-bond acceptors (Lipinski definition) is 2. The predicted octanol–water partition coefficient (Wildman–Crippen LogP) is 2.19. The van der Waals surface area contributed by atoms with E-state index in [-0.39, 0.29) is 0 Å². The second-order valence-corrected chi connectivity index (χ2v) is 3.25. The van der Waals surface area contributed by atoms with Gasteiger partial charge in [0.25, 0.3) is 0 Å². The summed E-state index contributed by atoms with van der Waals surface area (Å²) in [6, 6.07) is 8.39. The standard InChI is InChI=1S/C11H16N2/c1-9(12-2)10-5-7-11(8-6-10)13(3)4/h5-8H,1-4H3. The summed E-state index contributed by atoms with van der Waals surface area (Å²) < 4.78 is 0. The molecule has 0 heterocycles. The molecule has 0 amide bonds. The molecule has 0 spiro atoms. The van der Waals surface area contributed by atoms with Crippen LogP contribution in [0.15, 0.2) is 29.3 Å². The average molecular weight is 176 g/mol. The quantitative estimate of drug-likeness (QED) is 0.631. The summed E-state index contributed by atoms with van der Waals surface area (Å²) >= 11 is 0. The molecule has 0 aromatic heterocycles. The Balaban J connectivity index is 2.94. The van der Waals surface area contributed by atoms with E-state index in [9.17, 15) is 0 Å².